The second-order valence-corrected chi connectivity index (χ2v) is 3.40. The minimum Gasteiger partial charge on any atom is -0.0961 e. The van der Waals surface area contributed by atoms with E-state index in [4.69, 9.17) is 0 Å². The zero-order valence-corrected chi connectivity index (χ0v) is 10.3. The molecule has 0 nitrogen and oxygen atoms in total. The smallest absolute Gasteiger partial charge is 0.000723 e. The van der Waals surface area contributed by atoms with Crippen molar-refractivity contribution in [1.29, 1.82) is 0 Å². The first-order valence-electron chi connectivity index (χ1n) is 5.59. The number of hydrogen-bond acceptors (Lipinski definition) is 0. The Morgan fingerprint density at radius 1 is 1.20 bits per heavy atom. The predicted molar refractivity (Wildman–Crippen MR) is 70.2 cm³/mol. The molecular formula is C15H22. The highest BCUT2D eigenvalue weighted by atomic mass is 14.0. The summed E-state index contributed by atoms with van der Waals surface area (Å²) in [6.07, 6.45) is 4.25. The van der Waals surface area contributed by atoms with Crippen molar-refractivity contribution in [3.8, 4) is 0 Å². The van der Waals surface area contributed by atoms with E-state index in [0.717, 1.165) is 5.57 Å². The van der Waals surface area contributed by atoms with Gasteiger partial charge < -0.3 is 0 Å². The van der Waals surface area contributed by atoms with Gasteiger partial charge in [-0.25, -0.2) is 0 Å². The van der Waals surface area contributed by atoms with E-state index in [1.807, 2.05) is 26.8 Å². The van der Waals surface area contributed by atoms with Crippen LogP contribution in [0.4, 0.5) is 0 Å². The molecule has 0 fully saturated rings. The second-order valence-electron chi connectivity index (χ2n) is 3.40. The Balaban J connectivity index is 0.000000921. The van der Waals surface area contributed by atoms with Gasteiger partial charge in [-0.05, 0) is 18.4 Å². The molecule has 0 heterocycles. The molecule has 1 aromatic rings. The molecule has 0 heteroatoms. The van der Waals surface area contributed by atoms with Gasteiger partial charge in [0, 0.05) is 0 Å². The maximum Gasteiger partial charge on any atom is -0.000723 e. The summed E-state index contributed by atoms with van der Waals surface area (Å²) in [6.45, 7) is 12.0. The van der Waals surface area contributed by atoms with E-state index in [0.29, 0.717) is 5.92 Å². The molecule has 0 radical (unpaired) electrons. The molecule has 0 aliphatic rings. The second kappa shape index (κ2) is 8.05. The van der Waals surface area contributed by atoms with E-state index in [2.05, 4.69) is 49.9 Å². The fourth-order valence-corrected chi connectivity index (χ4v) is 1.18. The average Bonchev–Trinajstić information content (AvgIpc) is 2.30. The molecular weight excluding hydrogens is 180 g/mol. The van der Waals surface area contributed by atoms with Gasteiger partial charge in [-0.2, -0.15) is 0 Å². The van der Waals surface area contributed by atoms with Crippen molar-refractivity contribution in [2.24, 2.45) is 0 Å². The first-order chi connectivity index (χ1) is 7.20. The van der Waals surface area contributed by atoms with Crippen molar-refractivity contribution in [1.82, 2.24) is 0 Å². The maximum absolute atomic E-state index is 3.83. The number of allylic oxidation sites excluding steroid dienone is 3. The van der Waals surface area contributed by atoms with Gasteiger partial charge in [-0.15, -0.1) is 0 Å². The highest BCUT2D eigenvalue weighted by Gasteiger charge is 1.98. The zero-order chi connectivity index (χ0) is 11.7. The van der Waals surface area contributed by atoms with Crippen LogP contribution >= 0.6 is 0 Å². The van der Waals surface area contributed by atoms with Crippen LogP contribution in [0.25, 0.3) is 0 Å². The number of rotatable bonds is 3. The summed E-state index contributed by atoms with van der Waals surface area (Å²) < 4.78 is 0. The summed E-state index contributed by atoms with van der Waals surface area (Å²) in [6, 6.07) is 10.5. The van der Waals surface area contributed by atoms with Crippen molar-refractivity contribution in [3.05, 3.63) is 60.2 Å². The molecule has 0 saturated heterocycles. The molecule has 1 unspecified atom stereocenters. The number of hydrogen-bond donors (Lipinski definition) is 0. The van der Waals surface area contributed by atoms with E-state index >= 15 is 0 Å². The fraction of sp³-hybridized carbons (Fsp3) is 0.333. The summed E-state index contributed by atoms with van der Waals surface area (Å²) >= 11 is 0. The van der Waals surface area contributed by atoms with E-state index in [1.165, 1.54) is 5.56 Å². The standard InChI is InChI=1S/C13H16.C2H6/c1-11(2)9-10-12(3)13-7-5-4-6-8-13;1-2/h4-10,12H,1H2,2-3H3;1-2H3. The Bertz CT molecular complexity index is 293. The molecule has 0 aromatic heterocycles. The predicted octanol–water partition coefficient (Wildman–Crippen LogP) is 4.95. The van der Waals surface area contributed by atoms with Crippen molar-refractivity contribution in [3.63, 3.8) is 0 Å². The van der Waals surface area contributed by atoms with Gasteiger partial charge in [0.25, 0.3) is 0 Å². The molecule has 0 saturated carbocycles. The largest absolute Gasteiger partial charge is 0.0961 e. The van der Waals surface area contributed by atoms with Gasteiger partial charge in [-0.3, -0.25) is 0 Å². The lowest BCUT2D eigenvalue weighted by molar-refractivity contribution is 0.966. The molecule has 0 N–H and O–H groups in total. The molecule has 1 atom stereocenters. The van der Waals surface area contributed by atoms with Gasteiger partial charge in [0.15, 0.2) is 0 Å². The fourth-order valence-electron chi connectivity index (χ4n) is 1.18. The van der Waals surface area contributed by atoms with E-state index in [1.54, 1.807) is 0 Å². The van der Waals surface area contributed by atoms with Crippen LogP contribution in [0.2, 0.25) is 0 Å². The van der Waals surface area contributed by atoms with Crippen molar-refractivity contribution in [2.45, 2.75) is 33.6 Å². The van der Waals surface area contributed by atoms with Crippen LogP contribution in [-0.4, -0.2) is 0 Å². The molecule has 82 valence electrons. The van der Waals surface area contributed by atoms with E-state index < -0.39 is 0 Å². The minimum absolute atomic E-state index is 0.470. The van der Waals surface area contributed by atoms with E-state index in [9.17, 15) is 0 Å². The van der Waals surface area contributed by atoms with Crippen LogP contribution in [0.3, 0.4) is 0 Å². The van der Waals surface area contributed by atoms with Crippen molar-refractivity contribution < 1.29 is 0 Å². The van der Waals surface area contributed by atoms with Crippen LogP contribution in [0.1, 0.15) is 39.2 Å². The third-order valence-electron chi connectivity index (χ3n) is 1.99. The van der Waals surface area contributed by atoms with Crippen molar-refractivity contribution in [2.75, 3.05) is 0 Å². The summed E-state index contributed by atoms with van der Waals surface area (Å²) in [4.78, 5) is 0. The Labute approximate surface area is 94.3 Å². The van der Waals surface area contributed by atoms with Crippen molar-refractivity contribution >= 4 is 0 Å². The van der Waals surface area contributed by atoms with Gasteiger partial charge >= 0.3 is 0 Å². The molecule has 1 rings (SSSR count). The van der Waals surface area contributed by atoms with Crippen LogP contribution < -0.4 is 0 Å². The Hall–Kier alpha value is -1.30. The minimum atomic E-state index is 0.470. The third kappa shape index (κ3) is 5.90. The Kier molecular flexibility index (Phi) is 7.35. The quantitative estimate of drug-likeness (QED) is 0.608. The average molecular weight is 202 g/mol. The Morgan fingerprint density at radius 3 is 2.20 bits per heavy atom. The highest BCUT2D eigenvalue weighted by molar-refractivity contribution is 5.25. The van der Waals surface area contributed by atoms with Crippen LogP contribution in [0.15, 0.2) is 54.6 Å². The van der Waals surface area contributed by atoms with E-state index in [-0.39, 0.29) is 0 Å². The molecule has 0 aliphatic carbocycles. The molecule has 0 amide bonds. The third-order valence-corrected chi connectivity index (χ3v) is 1.99. The van der Waals surface area contributed by atoms with Gasteiger partial charge in [0.2, 0.25) is 0 Å². The first-order valence-corrected chi connectivity index (χ1v) is 5.59. The summed E-state index contributed by atoms with van der Waals surface area (Å²) in [7, 11) is 0. The monoisotopic (exact) mass is 202 g/mol. The lowest BCUT2D eigenvalue weighted by Gasteiger charge is -2.05. The molecule has 15 heavy (non-hydrogen) atoms. The Morgan fingerprint density at radius 2 is 1.73 bits per heavy atom. The van der Waals surface area contributed by atoms with Crippen LogP contribution in [0.5, 0.6) is 0 Å². The van der Waals surface area contributed by atoms with Gasteiger partial charge in [-0.1, -0.05) is 75.4 Å². The highest BCUT2D eigenvalue weighted by Crippen LogP contribution is 2.16. The van der Waals surface area contributed by atoms with Crippen LogP contribution in [0, 0.1) is 0 Å². The first kappa shape index (κ1) is 13.7. The molecule has 1 aromatic carbocycles. The van der Waals surface area contributed by atoms with Gasteiger partial charge in [0.05, 0.1) is 0 Å². The summed E-state index contributed by atoms with van der Waals surface area (Å²) in [5.74, 6) is 0.470. The normalized spacial score (nSPS) is 11.7. The topological polar surface area (TPSA) is 0 Å². The summed E-state index contributed by atoms with van der Waals surface area (Å²) in [5.41, 5.74) is 2.45. The number of benzene rings is 1. The zero-order valence-electron chi connectivity index (χ0n) is 10.3. The lowest BCUT2D eigenvalue weighted by atomic mass is 10.0. The molecule has 0 spiro atoms. The molecule has 0 bridgehead atoms. The molecule has 0 aliphatic heterocycles. The SMILES string of the molecule is C=C(C)C=CC(C)c1ccccc1.CC. The summed E-state index contributed by atoms with van der Waals surface area (Å²) in [5, 5.41) is 0. The van der Waals surface area contributed by atoms with Gasteiger partial charge in [0.1, 0.15) is 0 Å². The maximum atomic E-state index is 3.83. The lowest BCUT2D eigenvalue weighted by Crippen LogP contribution is -1.87. The van der Waals surface area contributed by atoms with Crippen LogP contribution in [-0.2, 0) is 0 Å².